The molecule has 142 valence electrons. The molecule has 0 bridgehead atoms. The maximum atomic E-state index is 12.2. The van der Waals surface area contributed by atoms with E-state index in [4.69, 9.17) is 18.9 Å². The molecule has 0 aromatic heterocycles. The van der Waals surface area contributed by atoms with Crippen molar-refractivity contribution in [2.45, 2.75) is 19.6 Å². The van der Waals surface area contributed by atoms with Crippen molar-refractivity contribution in [3.8, 4) is 23.0 Å². The van der Waals surface area contributed by atoms with Crippen LogP contribution in [-0.2, 0) is 16.1 Å². The lowest BCUT2D eigenvalue weighted by atomic mass is 10.2. The number of rotatable bonds is 6. The van der Waals surface area contributed by atoms with Gasteiger partial charge in [0.05, 0.1) is 7.11 Å². The Kier molecular flexibility index (Phi) is 5.35. The van der Waals surface area contributed by atoms with Gasteiger partial charge in [0, 0.05) is 6.54 Å². The van der Waals surface area contributed by atoms with E-state index in [9.17, 15) is 14.7 Å². The maximum absolute atomic E-state index is 12.2. The van der Waals surface area contributed by atoms with E-state index < -0.39 is 18.0 Å². The van der Waals surface area contributed by atoms with E-state index in [1.54, 1.807) is 18.2 Å². The second kappa shape index (κ2) is 7.86. The van der Waals surface area contributed by atoms with Gasteiger partial charge >= 0.3 is 5.97 Å². The summed E-state index contributed by atoms with van der Waals surface area (Å²) in [6, 6.07) is 9.51. The van der Waals surface area contributed by atoms with Gasteiger partial charge in [-0.15, -0.1) is 0 Å². The van der Waals surface area contributed by atoms with Crippen LogP contribution < -0.4 is 19.5 Å². The second-order valence-electron chi connectivity index (χ2n) is 5.84. The summed E-state index contributed by atoms with van der Waals surface area (Å²) in [6.45, 7) is 1.86. The van der Waals surface area contributed by atoms with E-state index in [-0.39, 0.29) is 24.7 Å². The molecular formula is C19H19NO7. The van der Waals surface area contributed by atoms with Crippen LogP contribution in [0.3, 0.4) is 0 Å². The standard InChI is InChI=1S/C19H19NO7/c1-11(27-19(23)14-8-13(24-2)4-5-15(14)21)18(22)20-9-12-3-6-16-17(7-12)26-10-25-16/h3-8,11,21H,9-10H2,1-2H3,(H,20,22)/t11-/m1/s1. The molecule has 8 heteroatoms. The molecule has 1 aliphatic rings. The molecule has 0 fully saturated rings. The van der Waals surface area contributed by atoms with Crippen molar-refractivity contribution in [1.29, 1.82) is 0 Å². The zero-order valence-electron chi connectivity index (χ0n) is 14.9. The molecule has 1 atom stereocenters. The Labute approximate surface area is 155 Å². The highest BCUT2D eigenvalue weighted by Gasteiger charge is 2.21. The molecule has 0 unspecified atom stereocenters. The van der Waals surface area contributed by atoms with Crippen molar-refractivity contribution in [3.63, 3.8) is 0 Å². The molecule has 2 aromatic rings. The van der Waals surface area contributed by atoms with Crippen molar-refractivity contribution >= 4 is 11.9 Å². The normalized spacial score (nSPS) is 13.0. The molecule has 3 rings (SSSR count). The number of phenolic OH excluding ortho intramolecular Hbond substituents is 1. The van der Waals surface area contributed by atoms with Crippen molar-refractivity contribution in [3.05, 3.63) is 47.5 Å². The number of carbonyl (C=O) groups excluding carboxylic acids is 2. The number of amides is 1. The van der Waals surface area contributed by atoms with Crippen molar-refractivity contribution in [2.24, 2.45) is 0 Å². The van der Waals surface area contributed by atoms with E-state index in [1.165, 1.54) is 32.2 Å². The lowest BCUT2D eigenvalue weighted by Gasteiger charge is -2.14. The van der Waals surface area contributed by atoms with Gasteiger partial charge in [-0.3, -0.25) is 4.79 Å². The number of esters is 1. The third-order valence-corrected chi connectivity index (χ3v) is 3.98. The minimum absolute atomic E-state index is 0.0789. The van der Waals surface area contributed by atoms with Crippen LogP contribution in [0.2, 0.25) is 0 Å². The summed E-state index contributed by atoms with van der Waals surface area (Å²) in [7, 11) is 1.44. The highest BCUT2D eigenvalue weighted by Crippen LogP contribution is 2.32. The van der Waals surface area contributed by atoms with Crippen LogP contribution in [-0.4, -0.2) is 37.0 Å². The van der Waals surface area contributed by atoms with Gasteiger partial charge in [-0.1, -0.05) is 6.07 Å². The van der Waals surface area contributed by atoms with Gasteiger partial charge in [0.15, 0.2) is 17.6 Å². The number of ether oxygens (including phenoxy) is 4. The van der Waals surface area contributed by atoms with Crippen LogP contribution in [0.5, 0.6) is 23.0 Å². The summed E-state index contributed by atoms with van der Waals surface area (Å²) in [5.41, 5.74) is 0.737. The Morgan fingerprint density at radius 1 is 1.19 bits per heavy atom. The van der Waals surface area contributed by atoms with Gasteiger partial charge in [-0.05, 0) is 42.8 Å². The third-order valence-electron chi connectivity index (χ3n) is 3.98. The summed E-state index contributed by atoms with van der Waals surface area (Å²) in [5, 5.41) is 12.5. The van der Waals surface area contributed by atoms with Gasteiger partial charge in [0.25, 0.3) is 5.91 Å². The average molecular weight is 373 g/mol. The van der Waals surface area contributed by atoms with E-state index in [2.05, 4.69) is 5.32 Å². The zero-order valence-corrected chi connectivity index (χ0v) is 14.9. The van der Waals surface area contributed by atoms with Gasteiger partial charge in [-0.2, -0.15) is 0 Å². The maximum Gasteiger partial charge on any atom is 0.342 e. The fourth-order valence-corrected chi connectivity index (χ4v) is 2.47. The molecule has 0 spiro atoms. The molecule has 1 amide bonds. The molecule has 1 aliphatic heterocycles. The molecule has 0 radical (unpaired) electrons. The summed E-state index contributed by atoms with van der Waals surface area (Å²) >= 11 is 0. The molecule has 0 saturated heterocycles. The lowest BCUT2D eigenvalue weighted by Crippen LogP contribution is -2.35. The lowest BCUT2D eigenvalue weighted by molar-refractivity contribution is -0.129. The first-order valence-corrected chi connectivity index (χ1v) is 8.22. The van der Waals surface area contributed by atoms with E-state index >= 15 is 0 Å². The molecule has 2 N–H and O–H groups in total. The van der Waals surface area contributed by atoms with Crippen molar-refractivity contribution < 1.29 is 33.6 Å². The SMILES string of the molecule is COc1ccc(O)c(C(=O)O[C@H](C)C(=O)NCc2ccc3c(c2)OCO3)c1. The first-order valence-electron chi connectivity index (χ1n) is 8.22. The largest absolute Gasteiger partial charge is 0.507 e. The molecular weight excluding hydrogens is 354 g/mol. The van der Waals surface area contributed by atoms with Crippen molar-refractivity contribution in [1.82, 2.24) is 5.32 Å². The van der Waals surface area contributed by atoms with Crippen LogP contribution >= 0.6 is 0 Å². The van der Waals surface area contributed by atoms with Crippen LogP contribution in [0.1, 0.15) is 22.8 Å². The number of carbonyl (C=O) groups is 2. The summed E-state index contributed by atoms with van der Waals surface area (Å²) < 4.78 is 20.7. The number of methoxy groups -OCH3 is 1. The summed E-state index contributed by atoms with van der Waals surface area (Å²) in [4.78, 5) is 24.4. The quantitative estimate of drug-likeness (QED) is 0.747. The monoisotopic (exact) mass is 373 g/mol. The number of fused-ring (bicyclic) bond motifs is 1. The number of hydrogen-bond donors (Lipinski definition) is 2. The van der Waals surface area contributed by atoms with Gasteiger partial charge in [0.1, 0.15) is 17.1 Å². The minimum Gasteiger partial charge on any atom is -0.507 e. The minimum atomic E-state index is -1.04. The third kappa shape index (κ3) is 4.22. The number of benzene rings is 2. The predicted molar refractivity (Wildman–Crippen MR) is 93.9 cm³/mol. The van der Waals surface area contributed by atoms with Crippen LogP contribution in [0.4, 0.5) is 0 Å². The highest BCUT2D eigenvalue weighted by atomic mass is 16.7. The van der Waals surface area contributed by atoms with Crippen LogP contribution in [0.15, 0.2) is 36.4 Å². The average Bonchev–Trinajstić information content (AvgIpc) is 3.14. The second-order valence-corrected chi connectivity index (χ2v) is 5.84. The Balaban J connectivity index is 1.56. The van der Waals surface area contributed by atoms with E-state index in [1.807, 2.05) is 0 Å². The fourth-order valence-electron chi connectivity index (χ4n) is 2.47. The molecule has 0 aliphatic carbocycles. The Morgan fingerprint density at radius 2 is 1.96 bits per heavy atom. The highest BCUT2D eigenvalue weighted by molar-refractivity contribution is 5.95. The Bertz CT molecular complexity index is 865. The van der Waals surface area contributed by atoms with Gasteiger partial charge < -0.3 is 29.4 Å². The first-order chi connectivity index (χ1) is 13.0. The molecule has 1 heterocycles. The van der Waals surface area contributed by atoms with E-state index in [0.717, 1.165) is 5.56 Å². The van der Waals surface area contributed by atoms with Crippen molar-refractivity contribution in [2.75, 3.05) is 13.9 Å². The topological polar surface area (TPSA) is 103 Å². The van der Waals surface area contributed by atoms with Gasteiger partial charge in [-0.25, -0.2) is 4.79 Å². The zero-order chi connectivity index (χ0) is 19.4. The number of hydrogen-bond acceptors (Lipinski definition) is 7. The van der Waals surface area contributed by atoms with Crippen LogP contribution in [0.25, 0.3) is 0 Å². The molecule has 8 nitrogen and oxygen atoms in total. The molecule has 2 aromatic carbocycles. The molecule has 0 saturated carbocycles. The first kappa shape index (κ1) is 18.4. The Hall–Kier alpha value is -3.42. The van der Waals surface area contributed by atoms with Crippen LogP contribution in [0, 0.1) is 0 Å². The summed E-state index contributed by atoms with van der Waals surface area (Å²) in [5.74, 6) is 0.120. The molecule has 27 heavy (non-hydrogen) atoms. The fraction of sp³-hybridized carbons (Fsp3) is 0.263. The van der Waals surface area contributed by atoms with Gasteiger partial charge in [0.2, 0.25) is 6.79 Å². The number of phenols is 1. The smallest absolute Gasteiger partial charge is 0.342 e. The number of nitrogens with one attached hydrogen (secondary N) is 1. The number of aromatic hydroxyl groups is 1. The summed E-state index contributed by atoms with van der Waals surface area (Å²) in [6.07, 6.45) is -1.04. The Morgan fingerprint density at radius 3 is 2.74 bits per heavy atom. The van der Waals surface area contributed by atoms with E-state index in [0.29, 0.717) is 17.2 Å². The predicted octanol–water partition coefficient (Wildman–Crippen LogP) is 1.99.